The molecule has 0 aromatic rings. The maximum absolute atomic E-state index is 12.1. The highest BCUT2D eigenvalue weighted by Crippen LogP contribution is 2.28. The van der Waals surface area contributed by atoms with Gasteiger partial charge in [-0.15, -0.1) is 0 Å². The van der Waals surface area contributed by atoms with Crippen molar-refractivity contribution in [2.24, 2.45) is 10.9 Å². The third-order valence-corrected chi connectivity index (χ3v) is 4.06. The predicted octanol–water partition coefficient (Wildman–Crippen LogP) is -0.0333. The van der Waals surface area contributed by atoms with Crippen molar-refractivity contribution in [1.82, 2.24) is 9.03 Å². The highest BCUT2D eigenvalue weighted by molar-refractivity contribution is 7.87. The van der Waals surface area contributed by atoms with Crippen molar-refractivity contribution in [3.05, 3.63) is 0 Å². The number of carbonyl (C=O) groups is 1. The maximum Gasteiger partial charge on any atom is 0.422 e. The molecule has 0 aliphatic heterocycles. The summed E-state index contributed by atoms with van der Waals surface area (Å²) in [6.07, 6.45) is 0.0749. The second-order valence-corrected chi connectivity index (χ2v) is 6.37. The fourth-order valence-electron chi connectivity index (χ4n) is 1.54. The van der Waals surface area contributed by atoms with Crippen LogP contribution in [0, 0.1) is 0 Å². The molecule has 0 atom stereocenters. The van der Waals surface area contributed by atoms with Gasteiger partial charge < -0.3 is 15.7 Å². The molecule has 1 saturated carbocycles. The molecule has 9 nitrogen and oxygen atoms in total. The number of hydrogen-bond donors (Lipinski definition) is 3. The summed E-state index contributed by atoms with van der Waals surface area (Å²) < 4.78 is 31.9. The van der Waals surface area contributed by atoms with Gasteiger partial charge in [-0.3, -0.25) is 0 Å². The summed E-state index contributed by atoms with van der Waals surface area (Å²) in [5, 5.41) is 11.2. The lowest BCUT2D eigenvalue weighted by atomic mass is 10.4. The van der Waals surface area contributed by atoms with Crippen molar-refractivity contribution < 1.29 is 23.2 Å². The molecule has 0 spiro atoms. The third-order valence-electron chi connectivity index (χ3n) is 2.53. The van der Waals surface area contributed by atoms with Gasteiger partial charge in [-0.2, -0.15) is 12.7 Å². The van der Waals surface area contributed by atoms with Gasteiger partial charge in [-0.25, -0.2) is 9.52 Å². The lowest BCUT2D eigenvalue weighted by Crippen LogP contribution is -2.46. The van der Waals surface area contributed by atoms with Crippen LogP contribution in [0.4, 0.5) is 4.79 Å². The van der Waals surface area contributed by atoms with E-state index in [0.717, 1.165) is 17.1 Å². The molecule has 1 rings (SSSR count). The summed E-state index contributed by atoms with van der Waals surface area (Å²) >= 11 is 0. The second-order valence-electron chi connectivity index (χ2n) is 4.74. The first-order valence-electron chi connectivity index (χ1n) is 6.23. The summed E-state index contributed by atoms with van der Waals surface area (Å²) in [5.41, 5.74) is 5.32. The number of hydrogen-bond acceptors (Lipinski definition) is 6. The monoisotopic (exact) mass is 308 g/mol. The molecule has 10 heteroatoms. The second kappa shape index (κ2) is 6.75. The van der Waals surface area contributed by atoms with Gasteiger partial charge in [0.1, 0.15) is 5.84 Å². The molecular weight excluding hydrogens is 288 g/mol. The van der Waals surface area contributed by atoms with Crippen molar-refractivity contribution in [2.45, 2.75) is 45.3 Å². The zero-order valence-corrected chi connectivity index (χ0v) is 12.3. The first-order chi connectivity index (χ1) is 9.26. The number of nitrogens with one attached hydrogen (secondary N) is 1. The minimum atomic E-state index is -3.99. The van der Waals surface area contributed by atoms with Gasteiger partial charge in [0, 0.05) is 19.0 Å². The first kappa shape index (κ1) is 16.5. The maximum atomic E-state index is 12.1. The molecule has 0 bridgehead atoms. The van der Waals surface area contributed by atoms with E-state index in [9.17, 15) is 13.2 Å². The average Bonchev–Trinajstić information content (AvgIpc) is 3.10. The Morgan fingerprint density at radius 2 is 2.15 bits per heavy atom. The molecular formula is C10H20N4O5S. The largest absolute Gasteiger partial charge is 0.446 e. The van der Waals surface area contributed by atoms with E-state index in [0.29, 0.717) is 0 Å². The van der Waals surface area contributed by atoms with Gasteiger partial charge in [0.25, 0.3) is 0 Å². The first-order valence-corrected chi connectivity index (χ1v) is 7.67. The third kappa shape index (κ3) is 5.21. The average molecular weight is 308 g/mol. The van der Waals surface area contributed by atoms with Crippen LogP contribution in [0.5, 0.6) is 0 Å². The van der Waals surface area contributed by atoms with Crippen LogP contribution in [0.25, 0.3) is 0 Å². The fraction of sp³-hybridized carbons (Fsp3) is 0.800. The van der Waals surface area contributed by atoms with Crippen molar-refractivity contribution in [2.75, 3.05) is 6.54 Å². The lowest BCUT2D eigenvalue weighted by Gasteiger charge is -2.21. The summed E-state index contributed by atoms with van der Waals surface area (Å²) in [5.74, 6) is -0.0735. The molecule has 0 aromatic heterocycles. The molecule has 20 heavy (non-hydrogen) atoms. The van der Waals surface area contributed by atoms with Crippen molar-refractivity contribution in [1.29, 1.82) is 0 Å². The SMILES string of the molecule is CC(C)OC(=O)NS(=O)(=O)N(CCC(N)=NO)C1CC1. The Bertz CT molecular complexity index is 472. The van der Waals surface area contributed by atoms with E-state index in [1.807, 2.05) is 4.72 Å². The highest BCUT2D eigenvalue weighted by Gasteiger charge is 2.38. The van der Waals surface area contributed by atoms with Crippen molar-refractivity contribution >= 4 is 22.1 Å². The Hall–Kier alpha value is -1.55. The summed E-state index contributed by atoms with van der Waals surface area (Å²) in [6, 6.07) is -0.161. The summed E-state index contributed by atoms with van der Waals surface area (Å²) in [6.45, 7) is 3.26. The van der Waals surface area contributed by atoms with Gasteiger partial charge in [0.2, 0.25) is 0 Å². The van der Waals surface area contributed by atoms with E-state index in [1.165, 1.54) is 0 Å². The van der Waals surface area contributed by atoms with Crippen molar-refractivity contribution in [3.8, 4) is 0 Å². The van der Waals surface area contributed by atoms with E-state index >= 15 is 0 Å². The number of rotatable bonds is 7. The van der Waals surface area contributed by atoms with E-state index < -0.39 is 22.4 Å². The number of ether oxygens (including phenoxy) is 1. The standard InChI is InChI=1S/C10H20N4O5S/c1-7(2)19-10(15)13-20(17,18)14(8-3-4-8)6-5-9(11)12-16/h7-8,16H,3-6H2,1-2H3,(H2,11,12)(H,13,15). The van der Waals surface area contributed by atoms with Crippen molar-refractivity contribution in [3.63, 3.8) is 0 Å². The Morgan fingerprint density at radius 3 is 2.60 bits per heavy atom. The fourth-order valence-corrected chi connectivity index (χ4v) is 2.85. The predicted molar refractivity (Wildman–Crippen MR) is 71.4 cm³/mol. The topological polar surface area (TPSA) is 134 Å². The molecule has 0 unspecified atom stereocenters. The number of nitrogens with zero attached hydrogens (tertiary/aromatic N) is 2. The number of carbonyl (C=O) groups excluding carboxylic acids is 1. The van der Waals surface area contributed by atoms with E-state index in [2.05, 4.69) is 5.16 Å². The molecule has 116 valence electrons. The lowest BCUT2D eigenvalue weighted by molar-refractivity contribution is 0.121. The quantitative estimate of drug-likeness (QED) is 0.261. The molecule has 1 fully saturated rings. The van der Waals surface area contributed by atoms with Crippen LogP contribution in [0.1, 0.15) is 33.1 Å². The van der Waals surface area contributed by atoms with Gasteiger partial charge >= 0.3 is 16.3 Å². The smallest absolute Gasteiger partial charge is 0.422 e. The van der Waals surface area contributed by atoms with Gasteiger partial charge in [-0.05, 0) is 26.7 Å². The molecule has 0 heterocycles. The van der Waals surface area contributed by atoms with Crippen LogP contribution in [0.2, 0.25) is 0 Å². The Morgan fingerprint density at radius 1 is 1.55 bits per heavy atom. The van der Waals surface area contributed by atoms with E-state index in [1.54, 1.807) is 13.8 Å². The normalized spacial score (nSPS) is 16.5. The van der Waals surface area contributed by atoms with Crippen LogP contribution in [0.15, 0.2) is 5.16 Å². The zero-order valence-electron chi connectivity index (χ0n) is 11.4. The van der Waals surface area contributed by atoms with Gasteiger partial charge in [0.15, 0.2) is 0 Å². The van der Waals surface area contributed by atoms with E-state index in [-0.39, 0.29) is 24.8 Å². The number of amidine groups is 1. The number of amides is 1. The summed E-state index contributed by atoms with van der Waals surface area (Å²) in [7, 11) is -3.99. The molecule has 1 aliphatic carbocycles. The minimum absolute atomic E-state index is 0.0326. The molecule has 1 amide bonds. The molecule has 0 aromatic carbocycles. The van der Waals surface area contributed by atoms with Gasteiger partial charge in [0.05, 0.1) is 6.10 Å². The zero-order chi connectivity index (χ0) is 15.3. The van der Waals surface area contributed by atoms with E-state index in [4.69, 9.17) is 15.7 Å². The molecule has 0 radical (unpaired) electrons. The number of nitrogens with two attached hydrogens (primary N) is 1. The molecule has 0 saturated heterocycles. The highest BCUT2D eigenvalue weighted by atomic mass is 32.2. The van der Waals surface area contributed by atoms with Crippen LogP contribution in [-0.4, -0.2) is 48.5 Å². The Labute approximate surface area is 117 Å². The van der Waals surface area contributed by atoms with Crippen LogP contribution < -0.4 is 10.5 Å². The minimum Gasteiger partial charge on any atom is -0.446 e. The molecule has 4 N–H and O–H groups in total. The Kier molecular flexibility index (Phi) is 5.57. The summed E-state index contributed by atoms with van der Waals surface area (Å²) in [4.78, 5) is 11.4. The van der Waals surface area contributed by atoms with Crippen LogP contribution >= 0.6 is 0 Å². The van der Waals surface area contributed by atoms with Crippen LogP contribution in [0.3, 0.4) is 0 Å². The molecule has 1 aliphatic rings. The Balaban J connectivity index is 2.67. The van der Waals surface area contributed by atoms with Crippen LogP contribution in [-0.2, 0) is 14.9 Å². The van der Waals surface area contributed by atoms with Gasteiger partial charge in [-0.1, -0.05) is 5.16 Å². The number of oxime groups is 1.